The molecular weight excluding hydrogens is 360 g/mol. The molecule has 0 N–H and O–H groups in total. The van der Waals surface area contributed by atoms with Crippen LogP contribution in [-0.4, -0.2) is 0 Å². The second-order valence-corrected chi connectivity index (χ2v) is 6.26. The van der Waals surface area contributed by atoms with Gasteiger partial charge < -0.3 is 0 Å². The van der Waals surface area contributed by atoms with Crippen LogP contribution in [0.1, 0.15) is 38.8 Å². The van der Waals surface area contributed by atoms with Crippen LogP contribution in [0, 0.1) is 0 Å². The molecule has 0 nitrogen and oxygen atoms in total. The van der Waals surface area contributed by atoms with Gasteiger partial charge in [0.2, 0.25) is 0 Å². The van der Waals surface area contributed by atoms with Crippen LogP contribution in [0.4, 0.5) is 0 Å². The van der Waals surface area contributed by atoms with Crippen LogP contribution in [0.15, 0.2) is 98.1 Å². The minimum absolute atomic E-state index is 1.13. The molecule has 0 saturated carbocycles. The number of rotatable bonds is 4. The highest BCUT2D eigenvalue weighted by molar-refractivity contribution is 6.11. The second kappa shape index (κ2) is 11.6. The molecule has 0 radical (unpaired) electrons. The summed E-state index contributed by atoms with van der Waals surface area (Å²) >= 11 is 0. The van der Waals surface area contributed by atoms with E-state index in [0.717, 1.165) is 11.1 Å². The maximum Gasteiger partial charge on any atom is -0.00266 e. The fourth-order valence-corrected chi connectivity index (χ4v) is 3.73. The lowest BCUT2D eigenvalue weighted by molar-refractivity contribution is 1.50. The third kappa shape index (κ3) is 4.44. The van der Waals surface area contributed by atoms with E-state index >= 15 is 0 Å². The summed E-state index contributed by atoms with van der Waals surface area (Å²) in [5.74, 6) is 0. The highest BCUT2D eigenvalue weighted by Crippen LogP contribution is 2.42. The molecule has 4 aromatic carbocycles. The second-order valence-electron chi connectivity index (χ2n) is 6.26. The average Bonchev–Trinajstić information content (AvgIpc) is 2.86. The molecule has 0 fully saturated rings. The van der Waals surface area contributed by atoms with E-state index in [0.29, 0.717) is 0 Å². The van der Waals surface area contributed by atoms with Crippen molar-refractivity contribution in [1.82, 2.24) is 0 Å². The molecule has 0 bridgehead atoms. The fraction of sp³-hybridized carbons (Fsp3) is 0.133. The zero-order valence-electron chi connectivity index (χ0n) is 18.7. The summed E-state index contributed by atoms with van der Waals surface area (Å²) < 4.78 is 0. The molecule has 0 amide bonds. The predicted molar refractivity (Wildman–Crippen MR) is 138 cm³/mol. The van der Waals surface area contributed by atoms with Crippen molar-refractivity contribution in [2.75, 3.05) is 0 Å². The molecule has 0 aliphatic rings. The zero-order valence-corrected chi connectivity index (χ0v) is 18.7. The van der Waals surface area contributed by atoms with E-state index in [2.05, 4.69) is 86.0 Å². The maximum atomic E-state index is 4.12. The number of fused-ring (bicyclic) bond motifs is 1. The van der Waals surface area contributed by atoms with Crippen molar-refractivity contribution in [3.8, 4) is 22.3 Å². The van der Waals surface area contributed by atoms with Gasteiger partial charge in [-0.15, -0.1) is 0 Å². The van der Waals surface area contributed by atoms with Crippen molar-refractivity contribution in [3.63, 3.8) is 0 Å². The smallest absolute Gasteiger partial charge is 0.00266 e. The van der Waals surface area contributed by atoms with Crippen LogP contribution in [-0.2, 0) is 0 Å². The van der Waals surface area contributed by atoms with E-state index < -0.39 is 0 Å². The summed E-state index contributed by atoms with van der Waals surface area (Å²) in [6.45, 7) is 16.2. The third-order valence-corrected chi connectivity index (χ3v) is 4.83. The minimum Gasteiger partial charge on any atom is -0.0984 e. The Morgan fingerprint density at radius 1 is 0.467 bits per heavy atom. The molecule has 152 valence electrons. The molecule has 0 aliphatic heterocycles. The van der Waals surface area contributed by atoms with Crippen LogP contribution < -0.4 is 0 Å². The Hall–Kier alpha value is -3.38. The van der Waals surface area contributed by atoms with Crippen molar-refractivity contribution in [2.45, 2.75) is 27.7 Å². The van der Waals surface area contributed by atoms with E-state index in [9.17, 15) is 0 Å². The number of benzene rings is 4. The Labute approximate surface area is 182 Å². The predicted octanol–water partition coefficient (Wildman–Crippen LogP) is 9.51. The largest absolute Gasteiger partial charge is 0.0984 e. The van der Waals surface area contributed by atoms with Gasteiger partial charge in [-0.05, 0) is 44.2 Å². The SMILES string of the molecule is C=Cc1c(C=C)c(-c2ccccc2)c2ccccc2c1-c1ccccc1.CC.CC. The summed E-state index contributed by atoms with van der Waals surface area (Å²) in [5.41, 5.74) is 7.08. The Balaban J connectivity index is 0.000000757. The van der Waals surface area contributed by atoms with Crippen molar-refractivity contribution in [1.29, 1.82) is 0 Å². The average molecular weight is 393 g/mol. The topological polar surface area (TPSA) is 0 Å². The van der Waals surface area contributed by atoms with E-state index in [-0.39, 0.29) is 0 Å². The summed E-state index contributed by atoms with van der Waals surface area (Å²) in [5, 5.41) is 2.47. The molecule has 0 heterocycles. The summed E-state index contributed by atoms with van der Waals surface area (Å²) in [7, 11) is 0. The zero-order chi connectivity index (χ0) is 21.9. The van der Waals surface area contributed by atoms with E-state index in [1.165, 1.54) is 33.0 Å². The van der Waals surface area contributed by atoms with Crippen molar-refractivity contribution >= 4 is 22.9 Å². The van der Waals surface area contributed by atoms with Gasteiger partial charge in [0, 0.05) is 0 Å². The fourth-order valence-electron chi connectivity index (χ4n) is 3.73. The first kappa shape index (κ1) is 22.9. The Bertz CT molecular complexity index is 997. The van der Waals surface area contributed by atoms with Gasteiger partial charge in [0.05, 0.1) is 0 Å². The lowest BCUT2D eigenvalue weighted by atomic mass is 9.83. The van der Waals surface area contributed by atoms with Gasteiger partial charge in [-0.25, -0.2) is 0 Å². The van der Waals surface area contributed by atoms with Gasteiger partial charge in [0.1, 0.15) is 0 Å². The van der Waals surface area contributed by atoms with Gasteiger partial charge >= 0.3 is 0 Å². The Morgan fingerprint density at radius 2 is 0.767 bits per heavy atom. The molecular formula is C30H32. The standard InChI is InChI=1S/C26H20.2C2H6/c1-3-21-22(4-2)26(20-15-9-6-10-16-20)24-18-12-11-17-23(24)25(21)19-13-7-5-8-14-19;2*1-2/h3-18H,1-2H2;2*1-2H3. The van der Waals surface area contributed by atoms with Gasteiger partial charge in [-0.3, -0.25) is 0 Å². The molecule has 0 atom stereocenters. The van der Waals surface area contributed by atoms with Gasteiger partial charge in [0.15, 0.2) is 0 Å². The maximum absolute atomic E-state index is 4.12. The lowest BCUT2D eigenvalue weighted by Crippen LogP contribution is -1.95. The van der Waals surface area contributed by atoms with Crippen LogP contribution >= 0.6 is 0 Å². The van der Waals surface area contributed by atoms with E-state index in [1.807, 2.05) is 52.0 Å². The first-order valence-corrected chi connectivity index (χ1v) is 10.8. The summed E-state index contributed by atoms with van der Waals surface area (Å²) in [6.07, 6.45) is 3.91. The number of hydrogen-bond donors (Lipinski definition) is 0. The van der Waals surface area contributed by atoms with Crippen molar-refractivity contribution < 1.29 is 0 Å². The lowest BCUT2D eigenvalue weighted by Gasteiger charge is -2.20. The molecule has 4 aromatic rings. The van der Waals surface area contributed by atoms with E-state index in [4.69, 9.17) is 0 Å². The van der Waals surface area contributed by atoms with Gasteiger partial charge in [0.25, 0.3) is 0 Å². The highest BCUT2D eigenvalue weighted by Gasteiger charge is 2.17. The molecule has 0 spiro atoms. The third-order valence-electron chi connectivity index (χ3n) is 4.83. The first-order valence-electron chi connectivity index (χ1n) is 10.8. The van der Waals surface area contributed by atoms with Crippen LogP contribution in [0.2, 0.25) is 0 Å². The molecule has 0 heteroatoms. The number of hydrogen-bond acceptors (Lipinski definition) is 0. The summed E-state index contributed by atoms with van der Waals surface area (Å²) in [6, 6.07) is 29.6. The molecule has 0 saturated heterocycles. The van der Waals surface area contributed by atoms with Crippen LogP contribution in [0.3, 0.4) is 0 Å². The Kier molecular flexibility index (Phi) is 8.84. The van der Waals surface area contributed by atoms with Crippen molar-refractivity contribution in [3.05, 3.63) is 109 Å². The van der Waals surface area contributed by atoms with Gasteiger partial charge in [-0.2, -0.15) is 0 Å². The van der Waals surface area contributed by atoms with Crippen LogP contribution in [0.5, 0.6) is 0 Å². The molecule has 0 unspecified atom stereocenters. The molecule has 30 heavy (non-hydrogen) atoms. The molecule has 0 aromatic heterocycles. The Morgan fingerprint density at radius 3 is 1.07 bits per heavy atom. The van der Waals surface area contributed by atoms with Crippen LogP contribution in [0.25, 0.3) is 45.2 Å². The first-order chi connectivity index (χ1) is 14.8. The molecule has 4 rings (SSSR count). The van der Waals surface area contributed by atoms with E-state index in [1.54, 1.807) is 0 Å². The minimum atomic E-state index is 1.13. The monoisotopic (exact) mass is 392 g/mol. The quantitative estimate of drug-likeness (QED) is 0.324. The highest BCUT2D eigenvalue weighted by atomic mass is 14.2. The van der Waals surface area contributed by atoms with Gasteiger partial charge in [-0.1, -0.05) is 138 Å². The molecule has 0 aliphatic carbocycles. The normalized spacial score (nSPS) is 9.60. The summed E-state index contributed by atoms with van der Waals surface area (Å²) in [4.78, 5) is 0. The van der Waals surface area contributed by atoms with Crippen molar-refractivity contribution in [2.24, 2.45) is 0 Å².